The lowest BCUT2D eigenvalue weighted by molar-refractivity contribution is 0.168. The highest BCUT2D eigenvalue weighted by molar-refractivity contribution is 6.30. The summed E-state index contributed by atoms with van der Waals surface area (Å²) in [6, 6.07) is 8.21. The molecule has 3 aliphatic heterocycles. The Morgan fingerprint density at radius 1 is 1.08 bits per heavy atom. The summed E-state index contributed by atoms with van der Waals surface area (Å²) in [5.41, 5.74) is 1.94. The summed E-state index contributed by atoms with van der Waals surface area (Å²) in [6.45, 7) is 6.22. The number of carbonyl (C=O) groups excluding carboxylic acids is 1. The zero-order valence-corrected chi connectivity index (χ0v) is 21.8. The van der Waals surface area contributed by atoms with Crippen LogP contribution in [0, 0.1) is 0 Å². The van der Waals surface area contributed by atoms with Gasteiger partial charge < -0.3 is 18.9 Å². The number of rotatable bonds is 4. The number of nitrogens with one attached hydrogen (secondary N) is 1. The van der Waals surface area contributed by atoms with Crippen LogP contribution in [0.5, 0.6) is 23.0 Å². The van der Waals surface area contributed by atoms with Gasteiger partial charge in [-0.3, -0.25) is 10.2 Å². The van der Waals surface area contributed by atoms with Gasteiger partial charge in [0.15, 0.2) is 17.3 Å². The van der Waals surface area contributed by atoms with Gasteiger partial charge >= 0.3 is 6.03 Å². The fraction of sp³-hybridized carbons (Fsp3) is 0.346. The van der Waals surface area contributed by atoms with E-state index < -0.39 is 12.0 Å². The molecule has 0 saturated carbocycles. The van der Waals surface area contributed by atoms with Crippen LogP contribution >= 0.6 is 11.6 Å². The number of anilines is 1. The van der Waals surface area contributed by atoms with Gasteiger partial charge in [0.05, 0.1) is 26.0 Å². The molecule has 6 rings (SSSR count). The molecule has 1 fully saturated rings. The van der Waals surface area contributed by atoms with Crippen molar-refractivity contribution in [3.63, 3.8) is 0 Å². The first-order chi connectivity index (χ1) is 17.7. The zero-order chi connectivity index (χ0) is 26.1. The Balaban J connectivity index is 1.62. The summed E-state index contributed by atoms with van der Waals surface area (Å²) >= 11 is 6.15. The van der Waals surface area contributed by atoms with Crippen LogP contribution < -0.4 is 29.2 Å². The van der Waals surface area contributed by atoms with Gasteiger partial charge in [-0.2, -0.15) is 5.10 Å². The van der Waals surface area contributed by atoms with Gasteiger partial charge in [-0.05, 0) is 51.1 Å². The van der Waals surface area contributed by atoms with E-state index in [2.05, 4.69) is 26.1 Å². The quantitative estimate of drug-likeness (QED) is 0.527. The molecule has 0 aliphatic carbocycles. The molecule has 37 heavy (non-hydrogen) atoms. The number of benzene rings is 2. The molecule has 1 aromatic heterocycles. The third kappa shape index (κ3) is 3.50. The zero-order valence-electron chi connectivity index (χ0n) is 21.0. The number of methoxy groups -OCH3 is 2. The topological polar surface area (TPSA) is 99.4 Å². The highest BCUT2D eigenvalue weighted by atomic mass is 35.5. The maximum Gasteiger partial charge on any atom is 0.328 e. The largest absolute Gasteiger partial charge is 0.493 e. The van der Waals surface area contributed by atoms with Crippen molar-refractivity contribution in [2.45, 2.75) is 38.3 Å². The molecular weight excluding hydrogens is 498 g/mol. The Hall–Kier alpha value is -3.92. The van der Waals surface area contributed by atoms with Crippen LogP contribution in [0.2, 0.25) is 5.02 Å². The molecule has 0 unspecified atom stereocenters. The number of aromatic nitrogens is 2. The van der Waals surface area contributed by atoms with Crippen molar-refractivity contribution < 1.29 is 23.7 Å². The van der Waals surface area contributed by atoms with Crippen molar-refractivity contribution >= 4 is 35.0 Å². The summed E-state index contributed by atoms with van der Waals surface area (Å²) in [5, 5.41) is 8.26. The van der Waals surface area contributed by atoms with Crippen molar-refractivity contribution in [3.8, 4) is 23.0 Å². The highest BCUT2D eigenvalue weighted by Crippen LogP contribution is 2.55. The Kier molecular flexibility index (Phi) is 5.27. The maximum atomic E-state index is 13.4. The standard InChI is InChI=1S/C26H26ClN5O5/c1-26(2,3)32-24-16(11-28-32)18(15-10-17(34-4)21-22(20(15)35-5)37-12-36-21)19-23(29-24)30-25(33)31(19)14-8-6-13(27)7-9-14/h6-11,18-19H,12H2,1-5H3,(H,29,30,33)/t18-,19+/m0/s1. The van der Waals surface area contributed by atoms with Gasteiger partial charge in [0.25, 0.3) is 0 Å². The number of carbonyl (C=O) groups is 1. The number of amides is 2. The molecule has 3 aliphatic rings. The van der Waals surface area contributed by atoms with Crippen molar-refractivity contribution in [2.24, 2.45) is 4.99 Å². The van der Waals surface area contributed by atoms with Crippen LogP contribution in [0.25, 0.3) is 0 Å². The summed E-state index contributed by atoms with van der Waals surface area (Å²) in [5.74, 6) is 2.71. The van der Waals surface area contributed by atoms with Crippen LogP contribution in [-0.2, 0) is 5.54 Å². The predicted molar refractivity (Wildman–Crippen MR) is 138 cm³/mol. The number of halogens is 1. The van der Waals surface area contributed by atoms with E-state index in [4.69, 9.17) is 40.6 Å². The van der Waals surface area contributed by atoms with E-state index in [0.717, 1.165) is 11.1 Å². The molecule has 0 radical (unpaired) electrons. The second kappa shape index (κ2) is 8.31. The molecule has 1 N–H and O–H groups in total. The third-order valence-corrected chi connectivity index (χ3v) is 7.00. The molecule has 0 spiro atoms. The maximum absolute atomic E-state index is 13.4. The number of amidine groups is 1. The van der Waals surface area contributed by atoms with Gasteiger partial charge in [0.1, 0.15) is 11.9 Å². The highest BCUT2D eigenvalue weighted by Gasteiger charge is 2.50. The van der Waals surface area contributed by atoms with E-state index in [1.807, 2.05) is 29.1 Å². The van der Waals surface area contributed by atoms with E-state index in [9.17, 15) is 4.79 Å². The first-order valence-corrected chi connectivity index (χ1v) is 12.2. The average molecular weight is 524 g/mol. The van der Waals surface area contributed by atoms with E-state index >= 15 is 0 Å². The Morgan fingerprint density at radius 2 is 1.81 bits per heavy atom. The minimum Gasteiger partial charge on any atom is -0.493 e. The Labute approximate surface area is 218 Å². The second-order valence-electron chi connectivity index (χ2n) is 9.97. The van der Waals surface area contributed by atoms with Gasteiger partial charge in [-0.25, -0.2) is 14.5 Å². The fourth-order valence-electron chi connectivity index (χ4n) is 5.20. The molecule has 2 amide bonds. The normalized spacial score (nSPS) is 19.8. The molecule has 4 heterocycles. The SMILES string of the molecule is COc1cc([C@H]2c3cnn(C(C)(C)C)c3N=C3NC(=O)N(c4ccc(Cl)cc4)[C@@H]32)c(OC)c2c1OCO2. The van der Waals surface area contributed by atoms with Gasteiger partial charge in [-0.1, -0.05) is 11.6 Å². The van der Waals surface area contributed by atoms with Crippen LogP contribution in [0.3, 0.4) is 0 Å². The smallest absolute Gasteiger partial charge is 0.328 e. The number of urea groups is 1. The molecule has 0 bridgehead atoms. The second-order valence-corrected chi connectivity index (χ2v) is 10.4. The first-order valence-electron chi connectivity index (χ1n) is 11.8. The minimum absolute atomic E-state index is 0.0520. The number of ether oxygens (including phenoxy) is 4. The van der Waals surface area contributed by atoms with Crippen LogP contribution in [-0.4, -0.2) is 48.7 Å². The number of hydrogen-bond acceptors (Lipinski definition) is 7. The van der Waals surface area contributed by atoms with E-state index in [1.165, 1.54) is 0 Å². The van der Waals surface area contributed by atoms with Crippen molar-refractivity contribution in [1.82, 2.24) is 15.1 Å². The summed E-state index contributed by atoms with van der Waals surface area (Å²) in [7, 11) is 3.16. The molecule has 192 valence electrons. The third-order valence-electron chi connectivity index (χ3n) is 6.75. The molecule has 11 heteroatoms. The van der Waals surface area contributed by atoms with Crippen LogP contribution in [0.4, 0.5) is 16.3 Å². The summed E-state index contributed by atoms with van der Waals surface area (Å²) in [6.07, 6.45) is 1.81. The van der Waals surface area contributed by atoms with Gasteiger partial charge in [-0.15, -0.1) is 0 Å². The van der Waals surface area contributed by atoms with Crippen LogP contribution in [0.1, 0.15) is 37.8 Å². The van der Waals surface area contributed by atoms with E-state index in [0.29, 0.717) is 45.4 Å². The number of fused-ring (bicyclic) bond motifs is 3. The van der Waals surface area contributed by atoms with Gasteiger partial charge in [0, 0.05) is 27.8 Å². The lowest BCUT2D eigenvalue weighted by atomic mass is 9.82. The van der Waals surface area contributed by atoms with Gasteiger partial charge in [0.2, 0.25) is 18.3 Å². The fourth-order valence-corrected chi connectivity index (χ4v) is 5.32. The first kappa shape index (κ1) is 23.5. The average Bonchev–Trinajstić information content (AvgIpc) is 3.58. The van der Waals surface area contributed by atoms with E-state index in [1.54, 1.807) is 31.3 Å². The number of hydrogen-bond donors (Lipinski definition) is 1. The molecule has 3 aromatic rings. The summed E-state index contributed by atoms with van der Waals surface area (Å²) in [4.78, 5) is 20.0. The monoisotopic (exact) mass is 523 g/mol. The molecule has 2 atom stereocenters. The Bertz CT molecular complexity index is 1440. The molecule has 1 saturated heterocycles. The predicted octanol–water partition coefficient (Wildman–Crippen LogP) is 4.81. The molecular formula is C26H26ClN5O5. The number of nitrogens with zero attached hydrogens (tertiary/aromatic N) is 4. The minimum atomic E-state index is -0.516. The molecule has 10 nitrogen and oxygen atoms in total. The number of aliphatic imine (C=N–C) groups is 1. The molecule has 2 aromatic carbocycles. The Morgan fingerprint density at radius 3 is 2.49 bits per heavy atom. The van der Waals surface area contributed by atoms with Crippen molar-refractivity contribution in [3.05, 3.63) is 52.7 Å². The van der Waals surface area contributed by atoms with Crippen molar-refractivity contribution in [1.29, 1.82) is 0 Å². The lowest BCUT2D eigenvalue weighted by Gasteiger charge is -2.34. The van der Waals surface area contributed by atoms with Crippen molar-refractivity contribution in [2.75, 3.05) is 25.9 Å². The lowest BCUT2D eigenvalue weighted by Crippen LogP contribution is -2.42. The summed E-state index contributed by atoms with van der Waals surface area (Å²) < 4.78 is 24.9. The van der Waals surface area contributed by atoms with Crippen LogP contribution in [0.15, 0.2) is 41.5 Å². The van der Waals surface area contributed by atoms with E-state index in [-0.39, 0.29) is 18.4 Å².